The molecule has 0 radical (unpaired) electrons. The Kier molecular flexibility index (Phi) is 4.19. The van der Waals surface area contributed by atoms with E-state index < -0.39 is 9.84 Å². The van der Waals surface area contributed by atoms with Gasteiger partial charge in [-0.05, 0) is 29.9 Å². The predicted molar refractivity (Wildman–Crippen MR) is 78.7 cm³/mol. The number of sulfone groups is 1. The molecule has 21 heavy (non-hydrogen) atoms. The molecule has 0 aliphatic carbocycles. The molecule has 1 aliphatic rings. The first kappa shape index (κ1) is 14.5. The van der Waals surface area contributed by atoms with E-state index in [1.165, 1.54) is 29.4 Å². The predicted octanol–water partition coefficient (Wildman–Crippen LogP) is 2.34. The van der Waals surface area contributed by atoms with E-state index in [4.69, 9.17) is 10.7 Å². The summed E-state index contributed by atoms with van der Waals surface area (Å²) in [5.74, 6) is 2.00. The van der Waals surface area contributed by atoms with Gasteiger partial charge in [-0.25, -0.2) is 8.42 Å². The summed E-state index contributed by atoms with van der Waals surface area (Å²) in [4.78, 5) is 1.61. The fourth-order valence-corrected chi connectivity index (χ4v) is 2.86. The van der Waals surface area contributed by atoms with Gasteiger partial charge in [-0.1, -0.05) is 18.2 Å². The largest absolute Gasteiger partial charge is 0.307 e. The molecule has 2 rings (SSSR count). The minimum atomic E-state index is -3.52. The van der Waals surface area contributed by atoms with Gasteiger partial charge in [0.1, 0.15) is 6.07 Å². The molecule has 0 aromatic heterocycles. The highest BCUT2D eigenvalue weighted by atomic mass is 32.2. The zero-order valence-electron chi connectivity index (χ0n) is 10.9. The zero-order valence-corrected chi connectivity index (χ0v) is 11.7. The van der Waals surface area contributed by atoms with E-state index in [1.54, 1.807) is 30.4 Å². The van der Waals surface area contributed by atoms with Crippen LogP contribution < -0.4 is 0 Å². The molecular weight excluding hydrogens is 286 g/mol. The molecular formula is C15H11N3O2S. The molecule has 1 aromatic rings. The van der Waals surface area contributed by atoms with E-state index in [2.05, 4.69) is 0 Å². The summed E-state index contributed by atoms with van der Waals surface area (Å²) in [5.41, 5.74) is 0.504. The summed E-state index contributed by atoms with van der Waals surface area (Å²) in [5, 5.41) is 16.9. The number of allylic oxidation sites excluding steroid dienone is 4. The molecule has 0 saturated carbocycles. The van der Waals surface area contributed by atoms with Crippen LogP contribution in [0.25, 0.3) is 0 Å². The Balaban J connectivity index is 2.27. The highest BCUT2D eigenvalue weighted by Crippen LogP contribution is 2.18. The molecule has 1 N–H and O–H groups in total. The first-order valence-corrected chi connectivity index (χ1v) is 7.48. The third-order valence-corrected chi connectivity index (χ3v) is 4.21. The van der Waals surface area contributed by atoms with Crippen molar-refractivity contribution in [3.05, 3.63) is 71.6 Å². The van der Waals surface area contributed by atoms with Gasteiger partial charge in [-0.15, -0.1) is 0 Å². The smallest absolute Gasteiger partial charge is 0.200 e. The number of nitrogens with one attached hydrogen (secondary N) is 1. The third kappa shape index (κ3) is 3.37. The minimum Gasteiger partial charge on any atom is -0.307 e. The monoisotopic (exact) mass is 297 g/mol. The van der Waals surface area contributed by atoms with E-state index in [1.807, 2.05) is 11.9 Å². The van der Waals surface area contributed by atoms with Crippen molar-refractivity contribution in [2.45, 2.75) is 4.90 Å². The number of hydrogen-bond donors (Lipinski definition) is 1. The molecule has 0 saturated heterocycles. The van der Waals surface area contributed by atoms with E-state index in [0.717, 1.165) is 5.41 Å². The van der Waals surface area contributed by atoms with Crippen LogP contribution in [0.15, 0.2) is 76.5 Å². The van der Waals surface area contributed by atoms with Gasteiger partial charge >= 0.3 is 0 Å². The fourth-order valence-electron chi connectivity index (χ4n) is 1.67. The lowest BCUT2D eigenvalue weighted by molar-refractivity contribution is 0.604. The maximum Gasteiger partial charge on any atom is 0.200 e. The van der Waals surface area contributed by atoms with Gasteiger partial charge in [0.15, 0.2) is 15.5 Å². The van der Waals surface area contributed by atoms with Crippen LogP contribution >= 0.6 is 0 Å². The standard InChI is InChI=1S/C15H11N3O2S/c16-10-14(11-17)18-8-6-13(7-9-18)12-21(19,20)15-4-2-1-3-5-15/h1-9,12,16H. The topological polar surface area (TPSA) is 85.0 Å². The third-order valence-electron chi connectivity index (χ3n) is 2.70. The molecule has 6 heteroatoms. The summed E-state index contributed by atoms with van der Waals surface area (Å²) in [6.45, 7) is 0. The SMILES string of the molecule is N#CC(=C=N)N1C=CC(=CS(=O)(=O)c2ccccc2)C=C1. The molecule has 1 aromatic carbocycles. The van der Waals surface area contributed by atoms with Crippen molar-refractivity contribution >= 4 is 15.7 Å². The van der Waals surface area contributed by atoms with Gasteiger partial charge in [-0.3, -0.25) is 5.41 Å². The van der Waals surface area contributed by atoms with Crippen LogP contribution in [0.3, 0.4) is 0 Å². The Labute approximate surface area is 122 Å². The van der Waals surface area contributed by atoms with Crippen LogP contribution in [0.2, 0.25) is 0 Å². The Morgan fingerprint density at radius 3 is 2.33 bits per heavy atom. The van der Waals surface area contributed by atoms with Crippen molar-refractivity contribution in [3.63, 3.8) is 0 Å². The minimum absolute atomic E-state index is 0.0208. The second kappa shape index (κ2) is 6.06. The van der Waals surface area contributed by atoms with Gasteiger partial charge in [0, 0.05) is 23.7 Å². The maximum atomic E-state index is 12.2. The van der Waals surface area contributed by atoms with Crippen molar-refractivity contribution in [1.82, 2.24) is 4.90 Å². The Hall–Kier alpha value is -2.87. The molecule has 0 spiro atoms. The van der Waals surface area contributed by atoms with Gasteiger partial charge in [0.05, 0.1) is 4.90 Å². The van der Waals surface area contributed by atoms with E-state index in [-0.39, 0.29) is 10.6 Å². The number of benzene rings is 1. The summed E-state index contributed by atoms with van der Waals surface area (Å²) < 4.78 is 24.3. The lowest BCUT2D eigenvalue weighted by Gasteiger charge is -2.15. The van der Waals surface area contributed by atoms with E-state index in [0.29, 0.717) is 5.57 Å². The van der Waals surface area contributed by atoms with Crippen LogP contribution in [0, 0.1) is 16.7 Å². The van der Waals surface area contributed by atoms with Crippen LogP contribution in [0.4, 0.5) is 0 Å². The highest BCUT2D eigenvalue weighted by Gasteiger charge is 2.12. The molecule has 104 valence electrons. The molecule has 5 nitrogen and oxygen atoms in total. The average Bonchev–Trinajstić information content (AvgIpc) is 2.51. The van der Waals surface area contributed by atoms with Crippen LogP contribution in [0.5, 0.6) is 0 Å². The quantitative estimate of drug-likeness (QED) is 0.685. The summed E-state index contributed by atoms with van der Waals surface area (Å²) in [6, 6.07) is 9.94. The van der Waals surface area contributed by atoms with Crippen molar-refractivity contribution < 1.29 is 8.42 Å². The average molecular weight is 297 g/mol. The lowest BCUT2D eigenvalue weighted by atomic mass is 10.2. The van der Waals surface area contributed by atoms with Gasteiger partial charge in [0.2, 0.25) is 0 Å². The molecule has 1 heterocycles. The van der Waals surface area contributed by atoms with E-state index >= 15 is 0 Å². The first-order chi connectivity index (χ1) is 10.1. The van der Waals surface area contributed by atoms with Gasteiger partial charge in [-0.2, -0.15) is 5.26 Å². The first-order valence-electron chi connectivity index (χ1n) is 5.93. The number of hydrogen-bond acceptors (Lipinski definition) is 5. The second-order valence-corrected chi connectivity index (χ2v) is 5.90. The van der Waals surface area contributed by atoms with Gasteiger partial charge < -0.3 is 4.90 Å². The number of nitriles is 1. The lowest BCUT2D eigenvalue weighted by Crippen LogP contribution is -2.10. The number of rotatable bonds is 3. The summed E-state index contributed by atoms with van der Waals surface area (Å²) in [7, 11) is -3.52. The molecule has 0 fully saturated rings. The Morgan fingerprint density at radius 1 is 1.19 bits per heavy atom. The molecule has 0 unspecified atom stereocenters. The van der Waals surface area contributed by atoms with Crippen LogP contribution in [-0.2, 0) is 9.84 Å². The maximum absolute atomic E-state index is 12.2. The van der Waals surface area contributed by atoms with Crippen molar-refractivity contribution in [3.8, 4) is 6.07 Å². The van der Waals surface area contributed by atoms with Crippen molar-refractivity contribution in [1.29, 1.82) is 10.7 Å². The van der Waals surface area contributed by atoms with Crippen molar-refractivity contribution in [2.24, 2.45) is 0 Å². The fraction of sp³-hybridized carbons (Fsp3) is 0. The van der Waals surface area contributed by atoms with Gasteiger partial charge in [0.25, 0.3) is 0 Å². The highest BCUT2D eigenvalue weighted by molar-refractivity contribution is 7.94. The van der Waals surface area contributed by atoms with Crippen molar-refractivity contribution in [2.75, 3.05) is 0 Å². The molecule has 0 bridgehead atoms. The Bertz CT molecular complexity index is 805. The zero-order chi connectivity index (χ0) is 15.3. The normalized spacial score (nSPS) is 13.5. The van der Waals surface area contributed by atoms with E-state index in [9.17, 15) is 8.42 Å². The Morgan fingerprint density at radius 2 is 1.81 bits per heavy atom. The van der Waals surface area contributed by atoms with Crippen LogP contribution in [-0.4, -0.2) is 19.2 Å². The summed E-state index contributed by atoms with van der Waals surface area (Å²) in [6.07, 6.45) is 6.11. The summed E-state index contributed by atoms with van der Waals surface area (Å²) >= 11 is 0. The molecule has 0 amide bonds. The van der Waals surface area contributed by atoms with Crippen LogP contribution in [0.1, 0.15) is 0 Å². The second-order valence-electron chi connectivity index (χ2n) is 4.10. The number of nitrogens with zero attached hydrogens (tertiary/aromatic N) is 2. The molecule has 0 atom stereocenters. The molecule has 1 aliphatic heterocycles.